The Kier molecular flexibility index (Phi) is 3.13. The Bertz CT molecular complexity index is 399. The zero-order valence-corrected chi connectivity index (χ0v) is 8.93. The highest BCUT2D eigenvalue weighted by Gasteiger charge is 2.31. The molecule has 1 aromatic rings. The maximum Gasteiger partial charge on any atom is 0.573 e. The molecular weight excluding hydrogens is 238 g/mol. The van der Waals surface area contributed by atoms with E-state index in [9.17, 15) is 17.6 Å². The van der Waals surface area contributed by atoms with Crippen LogP contribution in [0.4, 0.5) is 23.2 Å². The highest BCUT2D eigenvalue weighted by molar-refractivity contribution is 5.52. The Morgan fingerprint density at radius 3 is 2.35 bits per heavy atom. The summed E-state index contributed by atoms with van der Waals surface area (Å²) in [5.74, 6) is -0.915. The zero-order chi connectivity index (χ0) is 12.5. The molecule has 2 rings (SSSR count). The molecule has 1 aliphatic heterocycles. The van der Waals surface area contributed by atoms with E-state index in [4.69, 9.17) is 0 Å². The van der Waals surface area contributed by atoms with Crippen LogP contribution >= 0.6 is 0 Å². The molecule has 94 valence electrons. The predicted octanol–water partition coefficient (Wildman–Crippen LogP) is 3.32. The third-order valence-electron chi connectivity index (χ3n) is 2.60. The summed E-state index contributed by atoms with van der Waals surface area (Å²) in [4.78, 5) is 1.72. The third kappa shape index (κ3) is 3.01. The minimum atomic E-state index is -4.75. The number of benzene rings is 1. The van der Waals surface area contributed by atoms with Crippen molar-refractivity contribution in [2.24, 2.45) is 0 Å². The molecule has 0 saturated carbocycles. The average molecular weight is 249 g/mol. The number of anilines is 1. The number of ether oxygens (including phenoxy) is 1. The molecule has 17 heavy (non-hydrogen) atoms. The number of hydrogen-bond acceptors (Lipinski definition) is 2. The van der Waals surface area contributed by atoms with E-state index in [1.807, 2.05) is 0 Å². The zero-order valence-electron chi connectivity index (χ0n) is 8.93. The molecule has 0 aliphatic carbocycles. The molecule has 0 N–H and O–H groups in total. The van der Waals surface area contributed by atoms with Gasteiger partial charge in [-0.15, -0.1) is 13.2 Å². The van der Waals surface area contributed by atoms with Crippen molar-refractivity contribution in [3.63, 3.8) is 0 Å². The molecule has 0 unspecified atom stereocenters. The summed E-state index contributed by atoms with van der Waals surface area (Å²) in [6, 6.07) is 3.06. The van der Waals surface area contributed by atoms with Crippen molar-refractivity contribution in [3.05, 3.63) is 24.0 Å². The Hall–Kier alpha value is -1.46. The van der Waals surface area contributed by atoms with Gasteiger partial charge < -0.3 is 9.64 Å². The molecule has 1 saturated heterocycles. The molecule has 0 spiro atoms. The van der Waals surface area contributed by atoms with Crippen molar-refractivity contribution in [2.75, 3.05) is 18.0 Å². The number of rotatable bonds is 2. The summed E-state index contributed by atoms with van der Waals surface area (Å²) in [7, 11) is 0. The average Bonchev–Trinajstić information content (AvgIpc) is 2.72. The fourth-order valence-electron chi connectivity index (χ4n) is 1.89. The predicted molar refractivity (Wildman–Crippen MR) is 54.5 cm³/mol. The van der Waals surface area contributed by atoms with Crippen LogP contribution in [0.2, 0.25) is 0 Å². The van der Waals surface area contributed by atoms with Crippen molar-refractivity contribution in [1.29, 1.82) is 0 Å². The molecule has 0 radical (unpaired) electrons. The normalized spacial score (nSPS) is 16.4. The van der Waals surface area contributed by atoms with Gasteiger partial charge in [0.2, 0.25) is 0 Å². The van der Waals surface area contributed by atoms with Gasteiger partial charge in [-0.3, -0.25) is 0 Å². The van der Waals surface area contributed by atoms with E-state index in [0.717, 1.165) is 31.0 Å². The lowest BCUT2D eigenvalue weighted by molar-refractivity contribution is -0.274. The molecule has 1 fully saturated rings. The van der Waals surface area contributed by atoms with Gasteiger partial charge in [0.25, 0.3) is 0 Å². The minimum Gasteiger partial charge on any atom is -0.406 e. The van der Waals surface area contributed by atoms with E-state index < -0.39 is 12.2 Å². The van der Waals surface area contributed by atoms with Gasteiger partial charge in [-0.25, -0.2) is 4.39 Å². The van der Waals surface area contributed by atoms with Gasteiger partial charge in [-0.2, -0.15) is 0 Å². The maximum atomic E-state index is 13.5. The first-order chi connectivity index (χ1) is 7.96. The van der Waals surface area contributed by atoms with Crippen molar-refractivity contribution in [1.82, 2.24) is 0 Å². The molecule has 0 bridgehead atoms. The second-order valence-corrected chi connectivity index (χ2v) is 3.86. The first kappa shape index (κ1) is 12.0. The third-order valence-corrected chi connectivity index (χ3v) is 2.60. The molecule has 0 aromatic heterocycles. The van der Waals surface area contributed by atoms with E-state index in [-0.39, 0.29) is 11.4 Å². The Labute approximate surface area is 95.8 Å². The molecule has 1 aromatic carbocycles. The number of alkyl halides is 3. The first-order valence-electron chi connectivity index (χ1n) is 5.26. The van der Waals surface area contributed by atoms with E-state index in [0.29, 0.717) is 13.1 Å². The van der Waals surface area contributed by atoms with Crippen molar-refractivity contribution < 1.29 is 22.3 Å². The van der Waals surface area contributed by atoms with Gasteiger partial charge in [0, 0.05) is 19.2 Å². The highest BCUT2D eigenvalue weighted by atomic mass is 19.4. The maximum absolute atomic E-state index is 13.5. The lowest BCUT2D eigenvalue weighted by atomic mass is 10.2. The van der Waals surface area contributed by atoms with Crippen LogP contribution in [0.3, 0.4) is 0 Å². The van der Waals surface area contributed by atoms with E-state index >= 15 is 0 Å². The SMILES string of the molecule is Fc1ccc(OC(F)(F)F)cc1N1CCCC1. The lowest BCUT2D eigenvalue weighted by Gasteiger charge is -2.19. The quantitative estimate of drug-likeness (QED) is 0.745. The van der Waals surface area contributed by atoms with Crippen LogP contribution in [0.15, 0.2) is 18.2 Å². The first-order valence-corrected chi connectivity index (χ1v) is 5.26. The summed E-state index contributed by atoms with van der Waals surface area (Å²) in [6.45, 7) is 1.32. The lowest BCUT2D eigenvalue weighted by Crippen LogP contribution is -2.20. The Balaban J connectivity index is 2.22. The largest absolute Gasteiger partial charge is 0.573 e. The molecule has 0 atom stereocenters. The van der Waals surface area contributed by atoms with Crippen LogP contribution < -0.4 is 9.64 Å². The summed E-state index contributed by atoms with van der Waals surface area (Å²) < 4.78 is 53.3. The minimum absolute atomic E-state index is 0.171. The van der Waals surface area contributed by atoms with Crippen LogP contribution in [0.5, 0.6) is 5.75 Å². The van der Waals surface area contributed by atoms with Gasteiger partial charge in [-0.1, -0.05) is 0 Å². The molecular formula is C11H11F4NO. The van der Waals surface area contributed by atoms with Crippen LogP contribution in [0.25, 0.3) is 0 Å². The molecule has 6 heteroatoms. The van der Waals surface area contributed by atoms with E-state index in [1.165, 1.54) is 0 Å². The smallest absolute Gasteiger partial charge is 0.406 e. The van der Waals surface area contributed by atoms with Crippen LogP contribution in [-0.4, -0.2) is 19.5 Å². The summed E-state index contributed by atoms with van der Waals surface area (Å²) in [5.41, 5.74) is 0.171. The molecule has 2 nitrogen and oxygen atoms in total. The van der Waals surface area contributed by atoms with Gasteiger partial charge in [-0.05, 0) is 25.0 Å². The van der Waals surface area contributed by atoms with Crippen molar-refractivity contribution >= 4 is 5.69 Å². The monoisotopic (exact) mass is 249 g/mol. The fraction of sp³-hybridized carbons (Fsp3) is 0.455. The van der Waals surface area contributed by atoms with Gasteiger partial charge in [0.1, 0.15) is 11.6 Å². The molecule has 0 amide bonds. The van der Waals surface area contributed by atoms with Crippen molar-refractivity contribution in [3.8, 4) is 5.75 Å². The summed E-state index contributed by atoms with van der Waals surface area (Å²) in [6.07, 6.45) is -2.91. The highest BCUT2D eigenvalue weighted by Crippen LogP contribution is 2.30. The van der Waals surface area contributed by atoms with Gasteiger partial charge >= 0.3 is 6.36 Å². The summed E-state index contributed by atoms with van der Waals surface area (Å²) >= 11 is 0. The molecule has 1 heterocycles. The van der Waals surface area contributed by atoms with Gasteiger partial charge in [0.05, 0.1) is 5.69 Å². The van der Waals surface area contributed by atoms with Crippen LogP contribution in [-0.2, 0) is 0 Å². The second-order valence-electron chi connectivity index (χ2n) is 3.86. The number of halogens is 4. The number of hydrogen-bond donors (Lipinski definition) is 0. The molecule has 1 aliphatic rings. The standard InChI is InChI=1S/C11H11F4NO/c12-9-4-3-8(17-11(13,14)15)7-10(9)16-5-1-2-6-16/h3-4,7H,1-2,5-6H2. The summed E-state index contributed by atoms with van der Waals surface area (Å²) in [5, 5.41) is 0. The van der Waals surface area contributed by atoms with Gasteiger partial charge in [0.15, 0.2) is 0 Å². The van der Waals surface area contributed by atoms with Crippen molar-refractivity contribution in [2.45, 2.75) is 19.2 Å². The number of nitrogens with zero attached hydrogens (tertiary/aromatic N) is 1. The van der Waals surface area contributed by atoms with Crippen LogP contribution in [0.1, 0.15) is 12.8 Å². The fourth-order valence-corrected chi connectivity index (χ4v) is 1.89. The van der Waals surface area contributed by atoms with E-state index in [1.54, 1.807) is 4.90 Å². The second kappa shape index (κ2) is 4.43. The van der Waals surface area contributed by atoms with Crippen LogP contribution in [0, 0.1) is 5.82 Å². The Morgan fingerprint density at radius 1 is 1.12 bits per heavy atom. The Morgan fingerprint density at radius 2 is 1.76 bits per heavy atom. The topological polar surface area (TPSA) is 12.5 Å². The van der Waals surface area contributed by atoms with E-state index in [2.05, 4.69) is 4.74 Å².